The topological polar surface area (TPSA) is 72.2 Å². The first kappa shape index (κ1) is 14.2. The van der Waals surface area contributed by atoms with Crippen LogP contribution >= 0.6 is 0 Å². The number of hydrogen-bond acceptors (Lipinski definition) is 2. The van der Waals surface area contributed by atoms with Crippen LogP contribution in [0.25, 0.3) is 0 Å². The van der Waals surface area contributed by atoms with Gasteiger partial charge < -0.3 is 0 Å². The fourth-order valence-electron chi connectivity index (χ4n) is 2.37. The highest BCUT2D eigenvalue weighted by atomic mass is 16.2. The zero-order valence-electron chi connectivity index (χ0n) is 11.8. The molecule has 1 aliphatic rings. The van der Waals surface area contributed by atoms with Gasteiger partial charge in [-0.1, -0.05) is 44.2 Å². The van der Waals surface area contributed by atoms with Gasteiger partial charge in [-0.15, -0.1) is 0 Å². The van der Waals surface area contributed by atoms with Crippen LogP contribution in [-0.4, -0.2) is 17.8 Å². The van der Waals surface area contributed by atoms with Crippen LogP contribution in [0.1, 0.15) is 32.3 Å². The van der Waals surface area contributed by atoms with Crippen LogP contribution in [0, 0.1) is 5.41 Å². The van der Waals surface area contributed by atoms with E-state index in [-0.39, 0.29) is 11.8 Å². The monoisotopic (exact) mass is 274 g/mol. The summed E-state index contributed by atoms with van der Waals surface area (Å²) in [5, 5.41) is 5.49. The first-order chi connectivity index (χ1) is 9.62. The number of guanidine groups is 1. The molecule has 1 saturated heterocycles. The zero-order chi connectivity index (χ0) is 14.6. The lowest BCUT2D eigenvalue weighted by Gasteiger charge is -2.28. The van der Waals surface area contributed by atoms with E-state index >= 15 is 0 Å². The Hall–Kier alpha value is -2.17. The van der Waals surface area contributed by atoms with E-state index in [0.717, 1.165) is 5.56 Å². The smallest absolute Gasteiger partial charge is 0.273 e. The van der Waals surface area contributed by atoms with Gasteiger partial charge in [0.25, 0.3) is 11.8 Å². The van der Waals surface area contributed by atoms with Gasteiger partial charge in [-0.3, -0.25) is 14.6 Å². The molecule has 0 saturated carbocycles. The molecular formula is C15H20N3O2+. The predicted octanol–water partition coefficient (Wildman–Crippen LogP) is -0.324. The first-order valence-electron chi connectivity index (χ1n) is 6.90. The number of carbonyl (C=O) groups excluding carboxylic acids is 2. The van der Waals surface area contributed by atoms with Gasteiger partial charge in [0.1, 0.15) is 0 Å². The molecule has 20 heavy (non-hydrogen) atoms. The summed E-state index contributed by atoms with van der Waals surface area (Å²) in [6.07, 6.45) is 0.986. The molecule has 0 bridgehead atoms. The number of benzene rings is 1. The van der Waals surface area contributed by atoms with E-state index in [9.17, 15) is 9.59 Å². The van der Waals surface area contributed by atoms with E-state index in [1.807, 2.05) is 44.2 Å². The van der Waals surface area contributed by atoms with Crippen molar-refractivity contribution in [2.45, 2.75) is 33.2 Å². The second-order valence-corrected chi connectivity index (χ2v) is 4.91. The normalized spacial score (nSPS) is 17.4. The van der Waals surface area contributed by atoms with Crippen molar-refractivity contribution in [1.29, 1.82) is 0 Å². The van der Waals surface area contributed by atoms with Crippen LogP contribution in [0.2, 0.25) is 0 Å². The first-order valence-corrected chi connectivity index (χ1v) is 6.90. The number of amides is 2. The summed E-state index contributed by atoms with van der Waals surface area (Å²) in [5.74, 6) is -0.106. The summed E-state index contributed by atoms with van der Waals surface area (Å²) >= 11 is 0. The molecule has 3 N–H and O–H groups in total. The Kier molecular flexibility index (Phi) is 4.17. The molecule has 1 aliphatic heterocycles. The Morgan fingerprint density at radius 3 is 2.05 bits per heavy atom. The fraction of sp³-hybridized carbons (Fsp3) is 0.400. The minimum Gasteiger partial charge on any atom is -0.273 e. The molecule has 5 heteroatoms. The van der Waals surface area contributed by atoms with Crippen LogP contribution in [-0.2, 0) is 16.1 Å². The van der Waals surface area contributed by atoms with E-state index in [0.29, 0.717) is 25.3 Å². The van der Waals surface area contributed by atoms with Gasteiger partial charge in [0.05, 0.1) is 6.54 Å². The average molecular weight is 274 g/mol. The summed E-state index contributed by atoms with van der Waals surface area (Å²) < 4.78 is 0. The second-order valence-electron chi connectivity index (χ2n) is 4.91. The number of hydrogen-bond donors (Lipinski definition) is 3. The lowest BCUT2D eigenvalue weighted by Crippen LogP contribution is -2.82. The van der Waals surface area contributed by atoms with Gasteiger partial charge in [-0.05, 0) is 18.4 Å². The largest absolute Gasteiger partial charge is 0.358 e. The highest BCUT2D eigenvalue weighted by Crippen LogP contribution is 2.28. The Morgan fingerprint density at radius 2 is 1.55 bits per heavy atom. The maximum Gasteiger partial charge on any atom is 0.358 e. The van der Waals surface area contributed by atoms with E-state index in [4.69, 9.17) is 0 Å². The number of rotatable bonds is 4. The van der Waals surface area contributed by atoms with Crippen LogP contribution in [0.4, 0.5) is 0 Å². The molecule has 1 fully saturated rings. The quantitative estimate of drug-likeness (QED) is 0.658. The van der Waals surface area contributed by atoms with E-state index < -0.39 is 5.41 Å². The van der Waals surface area contributed by atoms with Gasteiger partial charge in [0, 0.05) is 0 Å². The summed E-state index contributed by atoms with van der Waals surface area (Å²) in [6, 6.07) is 9.78. The van der Waals surface area contributed by atoms with Crippen molar-refractivity contribution in [3.8, 4) is 0 Å². The molecule has 0 atom stereocenters. The van der Waals surface area contributed by atoms with Gasteiger partial charge in [0.2, 0.25) is 0 Å². The molecule has 1 heterocycles. The molecule has 0 radical (unpaired) electrons. The molecule has 1 aromatic carbocycles. The van der Waals surface area contributed by atoms with Gasteiger partial charge >= 0.3 is 5.96 Å². The van der Waals surface area contributed by atoms with Crippen molar-refractivity contribution in [1.82, 2.24) is 10.6 Å². The maximum absolute atomic E-state index is 12.2. The van der Waals surface area contributed by atoms with E-state index in [2.05, 4.69) is 15.6 Å². The molecular weight excluding hydrogens is 254 g/mol. The van der Waals surface area contributed by atoms with Crippen molar-refractivity contribution in [3.05, 3.63) is 35.9 Å². The molecule has 106 valence electrons. The number of carbonyl (C=O) groups is 2. The number of nitrogens with one attached hydrogen (secondary N) is 3. The molecule has 2 rings (SSSR count). The lowest BCUT2D eigenvalue weighted by molar-refractivity contribution is -0.479. The minimum absolute atomic E-state index is 0.234. The predicted molar refractivity (Wildman–Crippen MR) is 75.4 cm³/mol. The molecule has 2 amide bonds. The summed E-state index contributed by atoms with van der Waals surface area (Å²) in [5.41, 5.74) is 0.129. The molecule has 0 aromatic heterocycles. The van der Waals surface area contributed by atoms with Crippen molar-refractivity contribution in [2.75, 3.05) is 0 Å². The van der Waals surface area contributed by atoms with Crippen molar-refractivity contribution in [2.24, 2.45) is 5.41 Å². The minimum atomic E-state index is -0.947. The van der Waals surface area contributed by atoms with Gasteiger partial charge in [-0.2, -0.15) is 0 Å². The Morgan fingerprint density at radius 1 is 1.00 bits per heavy atom. The molecule has 5 nitrogen and oxygen atoms in total. The second kappa shape index (κ2) is 5.86. The van der Waals surface area contributed by atoms with Crippen LogP contribution in [0.15, 0.2) is 30.3 Å². The molecule has 1 aromatic rings. The van der Waals surface area contributed by atoms with Crippen molar-refractivity contribution >= 4 is 17.8 Å². The third-order valence-corrected chi connectivity index (χ3v) is 3.87. The third-order valence-electron chi connectivity index (χ3n) is 3.87. The fourth-order valence-corrected chi connectivity index (χ4v) is 2.37. The summed E-state index contributed by atoms with van der Waals surface area (Å²) in [4.78, 5) is 27.4. The molecule has 0 unspecified atom stereocenters. The maximum atomic E-state index is 12.2. The Labute approximate surface area is 118 Å². The average Bonchev–Trinajstić information content (AvgIpc) is 2.47. The van der Waals surface area contributed by atoms with Crippen LogP contribution in [0.3, 0.4) is 0 Å². The summed E-state index contributed by atoms with van der Waals surface area (Å²) in [7, 11) is 0. The van der Waals surface area contributed by atoms with Crippen LogP contribution < -0.4 is 15.6 Å². The third kappa shape index (κ3) is 2.57. The van der Waals surface area contributed by atoms with E-state index in [1.54, 1.807) is 0 Å². The SMILES string of the molecule is CCC1(CC)C(=O)NC(=[NH+]Cc2ccccc2)NC1=O. The van der Waals surface area contributed by atoms with Gasteiger partial charge in [-0.25, -0.2) is 10.6 Å². The highest BCUT2D eigenvalue weighted by molar-refractivity contribution is 6.19. The zero-order valence-corrected chi connectivity index (χ0v) is 11.8. The van der Waals surface area contributed by atoms with Crippen LogP contribution in [0.5, 0.6) is 0 Å². The molecule has 0 spiro atoms. The summed E-state index contributed by atoms with van der Waals surface area (Å²) in [6.45, 7) is 4.25. The van der Waals surface area contributed by atoms with Gasteiger partial charge in [0.15, 0.2) is 5.41 Å². The standard InChI is InChI=1S/C15H19N3O2/c1-3-15(4-2)12(19)17-14(18-13(15)20)16-10-11-8-6-5-7-9-11/h5-9H,3-4,10H2,1-2H3,(H2,16,17,18,19,20)/p+1. The van der Waals surface area contributed by atoms with Crippen molar-refractivity contribution < 1.29 is 14.6 Å². The lowest BCUT2D eigenvalue weighted by atomic mass is 9.79. The Bertz CT molecular complexity index is 511. The Balaban J connectivity index is 2.11. The highest BCUT2D eigenvalue weighted by Gasteiger charge is 2.51. The molecule has 0 aliphatic carbocycles. The van der Waals surface area contributed by atoms with E-state index in [1.165, 1.54) is 0 Å². The van der Waals surface area contributed by atoms with Crippen molar-refractivity contribution in [3.63, 3.8) is 0 Å².